The van der Waals surface area contributed by atoms with Gasteiger partial charge in [0.15, 0.2) is 29.7 Å². The lowest BCUT2D eigenvalue weighted by molar-refractivity contribution is -0.143. The number of methoxy groups -OCH3 is 1. The van der Waals surface area contributed by atoms with E-state index in [1.54, 1.807) is 26.0 Å². The second kappa shape index (κ2) is 7.83. The van der Waals surface area contributed by atoms with Crippen LogP contribution in [-0.2, 0) is 19.1 Å². The lowest BCUT2D eigenvalue weighted by Gasteiger charge is -2.13. The zero-order chi connectivity index (χ0) is 17.7. The van der Waals surface area contributed by atoms with Gasteiger partial charge in [0.25, 0.3) is 0 Å². The van der Waals surface area contributed by atoms with Crippen LogP contribution in [0.1, 0.15) is 19.4 Å². The molecule has 2 rings (SSSR count). The molecule has 0 aromatic heterocycles. The van der Waals surface area contributed by atoms with Gasteiger partial charge < -0.3 is 18.9 Å². The number of halogens is 1. The van der Waals surface area contributed by atoms with Crippen LogP contribution in [0.3, 0.4) is 0 Å². The van der Waals surface area contributed by atoms with E-state index < -0.39 is 11.9 Å². The fraction of sp³-hybridized carbons (Fsp3) is 0.312. The Balaban J connectivity index is 2.34. The zero-order valence-corrected chi connectivity index (χ0v) is 14.2. The second-order valence-corrected chi connectivity index (χ2v) is 5.08. The molecule has 0 saturated carbocycles. The number of ether oxygens (including phenoxy) is 4. The SMILES string of the molecule is CCOc1cc(C=C2N=C(C)OC2=O)cc(Cl)c1OCC(=O)OC. The molecule has 0 atom stereocenters. The van der Waals surface area contributed by atoms with Gasteiger partial charge in [0.05, 0.1) is 18.7 Å². The van der Waals surface area contributed by atoms with E-state index in [4.69, 9.17) is 25.8 Å². The fourth-order valence-electron chi connectivity index (χ4n) is 1.94. The number of hydrogen-bond acceptors (Lipinski definition) is 7. The molecule has 1 aromatic rings. The van der Waals surface area contributed by atoms with Crippen LogP contribution >= 0.6 is 11.6 Å². The van der Waals surface area contributed by atoms with Gasteiger partial charge in [-0.05, 0) is 30.7 Å². The average molecular weight is 354 g/mol. The third-order valence-electron chi connectivity index (χ3n) is 2.92. The van der Waals surface area contributed by atoms with E-state index in [0.29, 0.717) is 17.9 Å². The first-order valence-corrected chi connectivity index (χ1v) is 7.47. The maximum absolute atomic E-state index is 11.6. The molecule has 0 N–H and O–H groups in total. The standard InChI is InChI=1S/C16H16ClNO6/c1-4-22-13-7-10(6-12-16(20)24-9(2)18-12)5-11(17)15(13)23-8-14(19)21-3/h5-7H,4,8H2,1-3H3. The molecule has 0 amide bonds. The number of carbonyl (C=O) groups excluding carboxylic acids is 2. The van der Waals surface area contributed by atoms with Gasteiger partial charge >= 0.3 is 11.9 Å². The molecule has 0 saturated heterocycles. The summed E-state index contributed by atoms with van der Waals surface area (Å²) >= 11 is 6.21. The lowest BCUT2D eigenvalue weighted by Crippen LogP contribution is -2.13. The lowest BCUT2D eigenvalue weighted by atomic mass is 10.1. The van der Waals surface area contributed by atoms with Gasteiger partial charge in [-0.15, -0.1) is 0 Å². The van der Waals surface area contributed by atoms with Crippen molar-refractivity contribution in [3.8, 4) is 11.5 Å². The van der Waals surface area contributed by atoms with E-state index in [9.17, 15) is 9.59 Å². The molecule has 0 unspecified atom stereocenters. The number of nitrogens with zero attached hydrogens (tertiary/aromatic N) is 1. The van der Waals surface area contributed by atoms with E-state index in [0.717, 1.165) is 0 Å². The summed E-state index contributed by atoms with van der Waals surface area (Å²) in [6, 6.07) is 3.20. The van der Waals surface area contributed by atoms with Crippen molar-refractivity contribution in [2.75, 3.05) is 20.3 Å². The Morgan fingerprint density at radius 3 is 2.71 bits per heavy atom. The van der Waals surface area contributed by atoms with Crippen molar-refractivity contribution in [3.05, 3.63) is 28.4 Å². The van der Waals surface area contributed by atoms with Gasteiger partial charge in [-0.3, -0.25) is 0 Å². The maximum Gasteiger partial charge on any atom is 0.363 e. The normalized spacial score (nSPS) is 15.1. The fourth-order valence-corrected chi connectivity index (χ4v) is 2.21. The van der Waals surface area contributed by atoms with Crippen molar-refractivity contribution in [1.29, 1.82) is 0 Å². The van der Waals surface area contributed by atoms with Crippen LogP contribution in [0, 0.1) is 0 Å². The summed E-state index contributed by atoms with van der Waals surface area (Å²) in [5, 5.41) is 0.226. The molecule has 0 aliphatic carbocycles. The van der Waals surface area contributed by atoms with Gasteiger partial charge in [0.2, 0.25) is 0 Å². The first kappa shape index (κ1) is 17.8. The molecule has 0 bridgehead atoms. The molecular formula is C16H16ClNO6. The summed E-state index contributed by atoms with van der Waals surface area (Å²) in [4.78, 5) is 26.8. The predicted octanol–water partition coefficient (Wildman–Crippen LogP) is 2.61. The van der Waals surface area contributed by atoms with E-state index in [-0.39, 0.29) is 29.0 Å². The Morgan fingerprint density at radius 2 is 2.12 bits per heavy atom. The molecule has 0 fully saturated rings. The molecule has 128 valence electrons. The first-order valence-electron chi connectivity index (χ1n) is 7.09. The van der Waals surface area contributed by atoms with Crippen LogP contribution in [0.5, 0.6) is 11.5 Å². The molecule has 7 nitrogen and oxygen atoms in total. The van der Waals surface area contributed by atoms with Crippen LogP contribution in [0.15, 0.2) is 22.8 Å². The van der Waals surface area contributed by atoms with E-state index in [1.807, 2.05) is 0 Å². The quantitative estimate of drug-likeness (QED) is 0.577. The highest BCUT2D eigenvalue weighted by molar-refractivity contribution is 6.32. The third-order valence-corrected chi connectivity index (χ3v) is 3.21. The van der Waals surface area contributed by atoms with Gasteiger partial charge in [-0.25, -0.2) is 14.6 Å². The Hall–Kier alpha value is -2.54. The van der Waals surface area contributed by atoms with Crippen LogP contribution in [-0.4, -0.2) is 38.2 Å². The van der Waals surface area contributed by atoms with E-state index in [1.165, 1.54) is 13.2 Å². The van der Waals surface area contributed by atoms with E-state index >= 15 is 0 Å². The highest BCUT2D eigenvalue weighted by Gasteiger charge is 2.20. The van der Waals surface area contributed by atoms with Crippen molar-refractivity contribution in [2.24, 2.45) is 4.99 Å². The van der Waals surface area contributed by atoms with Crippen molar-refractivity contribution < 1.29 is 28.5 Å². The maximum atomic E-state index is 11.6. The summed E-state index contributed by atoms with van der Waals surface area (Å²) in [6.45, 7) is 3.45. The summed E-state index contributed by atoms with van der Waals surface area (Å²) in [7, 11) is 1.26. The van der Waals surface area contributed by atoms with Crippen molar-refractivity contribution >= 4 is 35.5 Å². The number of hydrogen-bond donors (Lipinski definition) is 0. The van der Waals surface area contributed by atoms with Gasteiger partial charge in [-0.1, -0.05) is 11.6 Å². The number of esters is 2. The van der Waals surface area contributed by atoms with Gasteiger partial charge in [0.1, 0.15) is 0 Å². The predicted molar refractivity (Wildman–Crippen MR) is 87.3 cm³/mol. The summed E-state index contributed by atoms with van der Waals surface area (Å²) in [6.07, 6.45) is 1.53. The Bertz CT molecular complexity index is 726. The minimum Gasteiger partial charge on any atom is -0.490 e. The topological polar surface area (TPSA) is 83.4 Å². The molecule has 1 aromatic carbocycles. The summed E-state index contributed by atoms with van der Waals surface area (Å²) in [5.41, 5.74) is 0.744. The van der Waals surface area contributed by atoms with Crippen molar-refractivity contribution in [2.45, 2.75) is 13.8 Å². The van der Waals surface area contributed by atoms with Crippen molar-refractivity contribution in [1.82, 2.24) is 0 Å². The number of benzene rings is 1. The van der Waals surface area contributed by atoms with Crippen LogP contribution in [0.25, 0.3) is 6.08 Å². The number of carbonyl (C=O) groups is 2. The highest BCUT2D eigenvalue weighted by atomic mass is 35.5. The van der Waals surface area contributed by atoms with Crippen LogP contribution in [0.4, 0.5) is 0 Å². The molecule has 1 aliphatic rings. The second-order valence-electron chi connectivity index (χ2n) is 4.68. The number of cyclic esters (lactones) is 1. The summed E-state index contributed by atoms with van der Waals surface area (Å²) in [5.74, 6) is -0.237. The molecule has 1 aliphatic heterocycles. The van der Waals surface area contributed by atoms with Gasteiger partial charge in [-0.2, -0.15) is 0 Å². The third kappa shape index (κ3) is 4.26. The number of aliphatic imine (C=N–C) groups is 1. The first-order chi connectivity index (χ1) is 11.4. The van der Waals surface area contributed by atoms with Crippen molar-refractivity contribution in [3.63, 3.8) is 0 Å². The van der Waals surface area contributed by atoms with E-state index in [2.05, 4.69) is 9.73 Å². The minimum atomic E-state index is -0.543. The molecule has 0 radical (unpaired) electrons. The van der Waals surface area contributed by atoms with Crippen LogP contribution in [0.2, 0.25) is 5.02 Å². The Kier molecular flexibility index (Phi) is 5.81. The smallest absolute Gasteiger partial charge is 0.363 e. The molecule has 24 heavy (non-hydrogen) atoms. The minimum absolute atomic E-state index is 0.161. The average Bonchev–Trinajstić information content (AvgIpc) is 2.84. The molecule has 0 spiro atoms. The largest absolute Gasteiger partial charge is 0.490 e. The Labute approximate surface area is 143 Å². The van der Waals surface area contributed by atoms with Gasteiger partial charge in [0, 0.05) is 6.92 Å². The summed E-state index contributed by atoms with van der Waals surface area (Å²) < 4.78 is 20.2. The van der Waals surface area contributed by atoms with Crippen LogP contribution < -0.4 is 9.47 Å². The molecule has 1 heterocycles. The highest BCUT2D eigenvalue weighted by Crippen LogP contribution is 2.37. The zero-order valence-electron chi connectivity index (χ0n) is 13.4. The monoisotopic (exact) mass is 353 g/mol. The molecule has 8 heteroatoms. The number of rotatable bonds is 6. The molecular weight excluding hydrogens is 338 g/mol. The Morgan fingerprint density at radius 1 is 1.38 bits per heavy atom.